The molecule has 0 aliphatic carbocycles. The Morgan fingerprint density at radius 3 is 3.00 bits per heavy atom. The van der Waals surface area contributed by atoms with Gasteiger partial charge in [0.25, 0.3) is 0 Å². The van der Waals surface area contributed by atoms with E-state index < -0.39 is 0 Å². The zero-order valence-electron chi connectivity index (χ0n) is 5.32. The molecule has 2 atom stereocenters. The highest BCUT2D eigenvalue weighted by Crippen LogP contribution is 2.28. The van der Waals surface area contributed by atoms with E-state index in [1.165, 1.54) is 10.0 Å². The highest BCUT2D eigenvalue weighted by molar-refractivity contribution is 5.77. The largest absolute Gasteiger partial charge is 0.344 e. The smallest absolute Gasteiger partial charge is 0.225 e. The van der Waals surface area contributed by atoms with Crippen LogP contribution in [0.3, 0.4) is 0 Å². The van der Waals surface area contributed by atoms with Crippen LogP contribution in [0.15, 0.2) is 0 Å². The van der Waals surface area contributed by atoms with E-state index in [0.717, 1.165) is 0 Å². The summed E-state index contributed by atoms with van der Waals surface area (Å²) in [5, 5.41) is 9.78. The molecule has 0 radical (unpaired) electrons. The van der Waals surface area contributed by atoms with Crippen molar-refractivity contribution in [2.75, 3.05) is 6.54 Å². The number of epoxide rings is 1. The lowest BCUT2D eigenvalue weighted by Crippen LogP contribution is -2.57. The van der Waals surface area contributed by atoms with Gasteiger partial charge in [0.1, 0.15) is 6.10 Å². The van der Waals surface area contributed by atoms with Crippen LogP contribution >= 0.6 is 0 Å². The molecule has 0 saturated carbocycles. The summed E-state index contributed by atoms with van der Waals surface area (Å²) < 4.78 is 5.07. The van der Waals surface area contributed by atoms with Crippen molar-refractivity contribution in [2.24, 2.45) is 11.7 Å². The number of nitrogens with zero attached hydrogens (tertiary/aromatic N) is 2. The Hall–Kier alpha value is -0.850. The molecule has 2 fully saturated rings. The first-order valence-corrected chi connectivity index (χ1v) is 3.00. The van der Waals surface area contributed by atoms with Crippen LogP contribution in [0.5, 0.6) is 0 Å². The Labute approximate surface area is 57.8 Å². The van der Waals surface area contributed by atoms with Crippen molar-refractivity contribution >= 4 is 5.96 Å². The molecule has 56 valence electrons. The van der Waals surface area contributed by atoms with Gasteiger partial charge < -0.3 is 4.74 Å². The van der Waals surface area contributed by atoms with Gasteiger partial charge in [0.15, 0.2) is 6.23 Å². The third kappa shape index (κ3) is 0.605. The third-order valence-corrected chi connectivity index (χ3v) is 1.72. The van der Waals surface area contributed by atoms with Gasteiger partial charge in [-0.25, -0.2) is 16.7 Å². The maximum absolute atomic E-state index is 7.28. The minimum atomic E-state index is -0.104. The summed E-state index contributed by atoms with van der Waals surface area (Å²) in [6.45, 7) is 0.567. The lowest BCUT2D eigenvalue weighted by Gasteiger charge is -2.28. The molecule has 2 heterocycles. The minimum absolute atomic E-state index is 0.101. The number of guanidine groups is 1. The molecule has 0 aromatic carbocycles. The fraction of sp³-hybridized carbons (Fsp3) is 0.750. The quantitative estimate of drug-likeness (QED) is 0.269. The molecule has 2 unspecified atom stereocenters. The topological polar surface area (TPSA) is 94.9 Å². The summed E-state index contributed by atoms with van der Waals surface area (Å²) >= 11 is 0. The fourth-order valence-corrected chi connectivity index (χ4v) is 1.06. The lowest BCUT2D eigenvalue weighted by atomic mass is 10.3. The molecule has 5 N–H and O–H groups in total. The molecule has 10 heavy (non-hydrogen) atoms. The second-order valence-corrected chi connectivity index (χ2v) is 2.45. The number of hydrazine groups is 2. The van der Waals surface area contributed by atoms with Crippen molar-refractivity contribution in [3.8, 4) is 0 Å². The zero-order valence-corrected chi connectivity index (χ0v) is 5.32. The average molecular weight is 143 g/mol. The number of hydrogen-bond acceptors (Lipinski definition) is 4. The van der Waals surface area contributed by atoms with Crippen LogP contribution in [-0.2, 0) is 4.74 Å². The summed E-state index contributed by atoms with van der Waals surface area (Å²) in [5.74, 6) is 10.9. The highest BCUT2D eigenvalue weighted by atomic mass is 16.6. The predicted molar refractivity (Wildman–Crippen MR) is 33.3 cm³/mol. The van der Waals surface area contributed by atoms with Gasteiger partial charge in [-0.1, -0.05) is 0 Å². The Morgan fingerprint density at radius 1 is 1.60 bits per heavy atom. The second kappa shape index (κ2) is 1.60. The molecular weight excluding hydrogens is 134 g/mol. The van der Waals surface area contributed by atoms with Crippen molar-refractivity contribution in [1.82, 2.24) is 10.0 Å². The van der Waals surface area contributed by atoms with Gasteiger partial charge in [-0.15, -0.1) is 0 Å². The normalized spacial score (nSPS) is 38.0. The summed E-state index contributed by atoms with van der Waals surface area (Å²) in [6.07, 6.45) is -0.00333. The maximum atomic E-state index is 7.28. The van der Waals surface area contributed by atoms with Crippen molar-refractivity contribution < 1.29 is 4.74 Å². The van der Waals surface area contributed by atoms with Crippen molar-refractivity contribution in [3.63, 3.8) is 0 Å². The standard InChI is InChI=1S/C4H9N5O/c5-4-8(6)1-2-3(10-2)9(4)7/h2-3,5H,1,6-7H2. The first-order chi connectivity index (χ1) is 4.70. The highest BCUT2D eigenvalue weighted by Gasteiger charge is 2.49. The van der Waals surface area contributed by atoms with E-state index in [9.17, 15) is 0 Å². The number of rotatable bonds is 0. The number of nitrogens with two attached hydrogens (primary N) is 2. The van der Waals surface area contributed by atoms with Crippen molar-refractivity contribution in [3.05, 3.63) is 0 Å². The Balaban J connectivity index is 2.14. The van der Waals surface area contributed by atoms with Crippen molar-refractivity contribution in [1.29, 1.82) is 5.41 Å². The molecule has 2 rings (SSSR count). The van der Waals surface area contributed by atoms with Gasteiger partial charge in [0.2, 0.25) is 5.96 Å². The van der Waals surface area contributed by atoms with E-state index in [0.29, 0.717) is 6.54 Å². The number of ether oxygens (including phenoxy) is 1. The van der Waals surface area contributed by atoms with Crippen LogP contribution in [0, 0.1) is 5.41 Å². The van der Waals surface area contributed by atoms with Crippen LogP contribution in [0.4, 0.5) is 0 Å². The number of hydrogen-bond donors (Lipinski definition) is 3. The number of nitrogens with one attached hydrogen (secondary N) is 1. The van der Waals surface area contributed by atoms with Crippen LogP contribution in [0.2, 0.25) is 0 Å². The van der Waals surface area contributed by atoms with E-state index in [2.05, 4.69) is 0 Å². The maximum Gasteiger partial charge on any atom is 0.225 e. The van der Waals surface area contributed by atoms with Gasteiger partial charge in [0, 0.05) is 0 Å². The van der Waals surface area contributed by atoms with Crippen molar-refractivity contribution in [2.45, 2.75) is 12.3 Å². The zero-order chi connectivity index (χ0) is 7.30. The van der Waals surface area contributed by atoms with Crippen LogP contribution < -0.4 is 11.7 Å². The Bertz CT molecular complexity index is 182. The van der Waals surface area contributed by atoms with Gasteiger partial charge in [-0.3, -0.25) is 10.4 Å². The summed E-state index contributed by atoms with van der Waals surface area (Å²) in [7, 11) is 0. The fourth-order valence-electron chi connectivity index (χ4n) is 1.06. The molecule has 0 amide bonds. The van der Waals surface area contributed by atoms with Crippen LogP contribution in [0.1, 0.15) is 0 Å². The molecule has 6 nitrogen and oxygen atoms in total. The molecule has 0 aromatic rings. The average Bonchev–Trinajstić information content (AvgIpc) is 2.62. The lowest BCUT2D eigenvalue weighted by molar-refractivity contribution is 0.243. The molecule has 0 spiro atoms. The van der Waals surface area contributed by atoms with Gasteiger partial charge in [0.05, 0.1) is 6.54 Å². The van der Waals surface area contributed by atoms with E-state index in [1.54, 1.807) is 0 Å². The van der Waals surface area contributed by atoms with E-state index in [4.69, 9.17) is 21.8 Å². The predicted octanol–water partition coefficient (Wildman–Crippen LogP) is -1.99. The van der Waals surface area contributed by atoms with Crippen LogP contribution in [0.25, 0.3) is 0 Å². The second-order valence-electron chi connectivity index (χ2n) is 2.45. The van der Waals surface area contributed by atoms with E-state index >= 15 is 0 Å². The third-order valence-electron chi connectivity index (χ3n) is 1.72. The molecular formula is C4H9N5O. The summed E-state index contributed by atoms with van der Waals surface area (Å²) in [5.41, 5.74) is 0. The molecule has 6 heteroatoms. The van der Waals surface area contributed by atoms with Crippen LogP contribution in [-0.4, -0.2) is 34.9 Å². The van der Waals surface area contributed by atoms with Gasteiger partial charge >= 0.3 is 0 Å². The minimum Gasteiger partial charge on any atom is -0.344 e. The Kier molecular flexibility index (Phi) is 0.942. The summed E-state index contributed by atoms with van der Waals surface area (Å²) in [4.78, 5) is 0. The first-order valence-electron chi connectivity index (χ1n) is 3.00. The monoisotopic (exact) mass is 143 g/mol. The molecule has 0 bridgehead atoms. The molecule has 2 aliphatic heterocycles. The Morgan fingerprint density at radius 2 is 2.30 bits per heavy atom. The van der Waals surface area contributed by atoms with E-state index in [1.807, 2.05) is 0 Å². The van der Waals surface area contributed by atoms with Gasteiger partial charge in [-0.05, 0) is 0 Å². The SMILES string of the molecule is N=C1N(N)CC2OC2N1N. The van der Waals surface area contributed by atoms with Gasteiger partial charge in [-0.2, -0.15) is 0 Å². The first kappa shape index (κ1) is 5.90. The van der Waals surface area contributed by atoms with E-state index in [-0.39, 0.29) is 18.3 Å². The molecule has 2 saturated heterocycles. The summed E-state index contributed by atoms with van der Waals surface area (Å²) in [6, 6.07) is 0. The number of fused-ring (bicyclic) bond motifs is 1. The molecule has 2 aliphatic rings. The molecule has 0 aromatic heterocycles.